The van der Waals surface area contributed by atoms with Gasteiger partial charge >= 0.3 is 0 Å². The van der Waals surface area contributed by atoms with Crippen LogP contribution < -0.4 is 9.47 Å². The van der Waals surface area contributed by atoms with Crippen LogP contribution in [0.2, 0.25) is 0 Å². The molecule has 0 heterocycles. The van der Waals surface area contributed by atoms with Gasteiger partial charge in [0.05, 0.1) is 19.3 Å². The molecule has 0 aromatic heterocycles. The Balaban J connectivity index is 2.49. The molecule has 1 aromatic carbocycles. The van der Waals surface area contributed by atoms with E-state index < -0.39 is 0 Å². The highest BCUT2D eigenvalue weighted by Gasteiger charge is 2.09. The summed E-state index contributed by atoms with van der Waals surface area (Å²) < 4.78 is 10.8. The Morgan fingerprint density at radius 1 is 1.28 bits per heavy atom. The van der Waals surface area contributed by atoms with E-state index in [4.69, 9.17) is 9.47 Å². The number of hydrogen-bond donors (Lipinski definition) is 0. The number of methoxy groups -OCH3 is 1. The summed E-state index contributed by atoms with van der Waals surface area (Å²) in [6.07, 6.45) is 6.93. The summed E-state index contributed by atoms with van der Waals surface area (Å²) in [7, 11) is 1.57. The Hall–Kier alpha value is -1.77. The highest BCUT2D eigenvalue weighted by Crippen LogP contribution is 2.30. The van der Waals surface area contributed by atoms with E-state index in [0.29, 0.717) is 23.7 Å². The van der Waals surface area contributed by atoms with Crippen molar-refractivity contribution in [1.82, 2.24) is 0 Å². The molecule has 0 fully saturated rings. The molecule has 0 aliphatic carbocycles. The number of ether oxygens (including phenoxy) is 2. The Kier molecular flexibility index (Phi) is 6.62. The molecule has 0 unspecified atom stereocenters. The van der Waals surface area contributed by atoms with E-state index >= 15 is 0 Å². The lowest BCUT2D eigenvalue weighted by Crippen LogP contribution is -2.02. The third-order valence-corrected chi connectivity index (χ3v) is 2.66. The molecule has 0 N–H and O–H groups in total. The van der Waals surface area contributed by atoms with E-state index in [1.807, 2.05) is 6.08 Å². The predicted octanol–water partition coefficient (Wildman–Crippen LogP) is 3.63. The van der Waals surface area contributed by atoms with Gasteiger partial charge in [-0.15, -0.1) is 6.58 Å². The van der Waals surface area contributed by atoms with Gasteiger partial charge in [0.2, 0.25) is 0 Å². The number of hydrogen-bond acceptors (Lipinski definition) is 3. The van der Waals surface area contributed by atoms with Crippen LogP contribution in [0.1, 0.15) is 36.0 Å². The van der Waals surface area contributed by atoms with Gasteiger partial charge in [-0.2, -0.15) is 0 Å². The standard InChI is InChI=1S/C15H20O3/c1-3-4-5-6-7-11-18-15-13(12-16)9-8-10-14(15)17-2/h3,8-10,12H,1,4-7,11H2,2H3. The molecular weight excluding hydrogens is 228 g/mol. The van der Waals surface area contributed by atoms with Crippen molar-refractivity contribution in [2.45, 2.75) is 25.7 Å². The van der Waals surface area contributed by atoms with Crippen LogP contribution in [-0.4, -0.2) is 20.0 Å². The van der Waals surface area contributed by atoms with Crippen LogP contribution in [0.5, 0.6) is 11.5 Å². The minimum absolute atomic E-state index is 0.528. The Morgan fingerprint density at radius 3 is 2.78 bits per heavy atom. The number of unbranched alkanes of at least 4 members (excludes halogenated alkanes) is 3. The highest BCUT2D eigenvalue weighted by atomic mass is 16.5. The topological polar surface area (TPSA) is 35.5 Å². The molecule has 3 nitrogen and oxygen atoms in total. The van der Waals surface area contributed by atoms with Gasteiger partial charge in [-0.05, 0) is 37.8 Å². The summed E-state index contributed by atoms with van der Waals surface area (Å²) in [5.41, 5.74) is 0.528. The zero-order valence-corrected chi connectivity index (χ0v) is 10.9. The molecular formula is C15H20O3. The largest absolute Gasteiger partial charge is 0.493 e. The number of benzene rings is 1. The summed E-state index contributed by atoms with van der Waals surface area (Å²) in [6, 6.07) is 5.29. The number of carbonyl (C=O) groups is 1. The van der Waals surface area contributed by atoms with E-state index in [9.17, 15) is 4.79 Å². The predicted molar refractivity (Wildman–Crippen MR) is 72.5 cm³/mol. The van der Waals surface area contributed by atoms with Crippen LogP contribution in [-0.2, 0) is 0 Å². The van der Waals surface area contributed by atoms with Gasteiger partial charge in [-0.25, -0.2) is 0 Å². The van der Waals surface area contributed by atoms with Crippen molar-refractivity contribution in [3.8, 4) is 11.5 Å². The number of aldehydes is 1. The minimum atomic E-state index is 0.528. The van der Waals surface area contributed by atoms with E-state index in [2.05, 4.69) is 6.58 Å². The fourth-order valence-electron chi connectivity index (χ4n) is 1.68. The second kappa shape index (κ2) is 8.34. The van der Waals surface area contributed by atoms with Gasteiger partial charge < -0.3 is 9.47 Å². The van der Waals surface area contributed by atoms with Crippen molar-refractivity contribution < 1.29 is 14.3 Å². The van der Waals surface area contributed by atoms with Gasteiger partial charge in [-0.1, -0.05) is 12.1 Å². The molecule has 0 aliphatic rings. The van der Waals surface area contributed by atoms with Gasteiger partial charge in [0.1, 0.15) is 0 Å². The van der Waals surface area contributed by atoms with Crippen molar-refractivity contribution in [3.05, 3.63) is 36.4 Å². The van der Waals surface area contributed by atoms with Crippen molar-refractivity contribution in [1.29, 1.82) is 0 Å². The molecule has 0 atom stereocenters. The van der Waals surface area contributed by atoms with Crippen LogP contribution in [0.3, 0.4) is 0 Å². The molecule has 18 heavy (non-hydrogen) atoms. The lowest BCUT2D eigenvalue weighted by atomic mass is 10.2. The maximum Gasteiger partial charge on any atom is 0.171 e. The average molecular weight is 248 g/mol. The summed E-state index contributed by atoms with van der Waals surface area (Å²) in [5, 5.41) is 0. The van der Waals surface area contributed by atoms with Gasteiger partial charge in [-0.3, -0.25) is 4.79 Å². The zero-order valence-electron chi connectivity index (χ0n) is 10.9. The van der Waals surface area contributed by atoms with Crippen LogP contribution in [0, 0.1) is 0 Å². The average Bonchev–Trinajstić information content (AvgIpc) is 2.42. The van der Waals surface area contributed by atoms with Gasteiger partial charge in [0.25, 0.3) is 0 Å². The van der Waals surface area contributed by atoms with Crippen molar-refractivity contribution in [2.75, 3.05) is 13.7 Å². The first-order chi connectivity index (χ1) is 8.83. The van der Waals surface area contributed by atoms with E-state index in [1.54, 1.807) is 25.3 Å². The Morgan fingerprint density at radius 2 is 2.11 bits per heavy atom. The SMILES string of the molecule is C=CCCCCCOc1c(C=O)cccc1OC. The normalized spacial score (nSPS) is 9.83. The fourth-order valence-corrected chi connectivity index (χ4v) is 1.68. The van der Waals surface area contributed by atoms with Crippen LogP contribution in [0.15, 0.2) is 30.9 Å². The summed E-state index contributed by atoms with van der Waals surface area (Å²) in [4.78, 5) is 10.9. The molecule has 0 aliphatic heterocycles. The summed E-state index contributed by atoms with van der Waals surface area (Å²) in [6.45, 7) is 4.28. The van der Waals surface area contributed by atoms with Crippen molar-refractivity contribution in [2.24, 2.45) is 0 Å². The monoisotopic (exact) mass is 248 g/mol. The highest BCUT2D eigenvalue weighted by molar-refractivity contribution is 5.81. The second-order valence-corrected chi connectivity index (χ2v) is 3.98. The first-order valence-corrected chi connectivity index (χ1v) is 6.19. The fraction of sp³-hybridized carbons (Fsp3) is 0.400. The smallest absolute Gasteiger partial charge is 0.171 e. The Labute approximate surface area is 108 Å². The zero-order chi connectivity index (χ0) is 13.2. The lowest BCUT2D eigenvalue weighted by molar-refractivity contribution is 0.111. The molecule has 0 amide bonds. The molecule has 0 saturated carbocycles. The number of rotatable bonds is 9. The minimum Gasteiger partial charge on any atom is -0.493 e. The third kappa shape index (κ3) is 4.24. The van der Waals surface area contributed by atoms with E-state index in [1.165, 1.54) is 0 Å². The van der Waals surface area contributed by atoms with Crippen LogP contribution >= 0.6 is 0 Å². The molecule has 3 heteroatoms. The molecule has 1 aromatic rings. The van der Waals surface area contributed by atoms with E-state index in [0.717, 1.165) is 32.0 Å². The first kappa shape index (κ1) is 14.3. The summed E-state index contributed by atoms with van der Waals surface area (Å²) >= 11 is 0. The van der Waals surface area contributed by atoms with Gasteiger partial charge in [0.15, 0.2) is 17.8 Å². The van der Waals surface area contributed by atoms with Gasteiger partial charge in [0, 0.05) is 0 Å². The maximum absolute atomic E-state index is 10.9. The number of carbonyl (C=O) groups excluding carboxylic acids is 1. The van der Waals surface area contributed by atoms with Crippen molar-refractivity contribution >= 4 is 6.29 Å². The van der Waals surface area contributed by atoms with Crippen LogP contribution in [0.25, 0.3) is 0 Å². The van der Waals surface area contributed by atoms with Crippen molar-refractivity contribution in [3.63, 3.8) is 0 Å². The third-order valence-electron chi connectivity index (χ3n) is 2.66. The lowest BCUT2D eigenvalue weighted by Gasteiger charge is -2.12. The number of para-hydroxylation sites is 1. The molecule has 1 rings (SSSR count). The maximum atomic E-state index is 10.9. The first-order valence-electron chi connectivity index (χ1n) is 6.19. The summed E-state index contributed by atoms with van der Waals surface area (Å²) in [5.74, 6) is 1.14. The molecule has 0 saturated heterocycles. The molecule has 0 radical (unpaired) electrons. The Bertz CT molecular complexity index is 385. The number of allylic oxidation sites excluding steroid dienone is 1. The molecule has 0 bridgehead atoms. The molecule has 0 spiro atoms. The quantitative estimate of drug-likeness (QED) is 0.380. The second-order valence-electron chi connectivity index (χ2n) is 3.98. The van der Waals surface area contributed by atoms with Crippen LogP contribution in [0.4, 0.5) is 0 Å². The van der Waals surface area contributed by atoms with E-state index in [-0.39, 0.29) is 0 Å². The molecule has 98 valence electrons.